The van der Waals surface area contributed by atoms with Crippen LogP contribution in [0.1, 0.15) is 12.8 Å². The highest BCUT2D eigenvalue weighted by Gasteiger charge is 2.24. The predicted molar refractivity (Wildman–Crippen MR) is 96.8 cm³/mol. The molecule has 1 unspecified atom stereocenters. The molecule has 3 heterocycles. The van der Waals surface area contributed by atoms with Crippen molar-refractivity contribution >= 4 is 17.6 Å². The number of likely N-dealkylation sites (tertiary alicyclic amines) is 1. The molecule has 4 rings (SSSR count). The molecule has 0 aliphatic carbocycles. The summed E-state index contributed by atoms with van der Waals surface area (Å²) in [6.45, 7) is 1.32. The number of hydrogen-bond donors (Lipinski definition) is 1. The van der Waals surface area contributed by atoms with E-state index in [1.807, 2.05) is 42.5 Å². The van der Waals surface area contributed by atoms with Crippen LogP contribution in [0.2, 0.25) is 0 Å². The van der Waals surface area contributed by atoms with E-state index in [2.05, 4.69) is 20.6 Å². The number of piperidine rings is 1. The van der Waals surface area contributed by atoms with Crippen molar-refractivity contribution in [3.63, 3.8) is 0 Å². The van der Waals surface area contributed by atoms with Crippen LogP contribution in [0.3, 0.4) is 0 Å². The molecule has 2 aromatic heterocycles. The summed E-state index contributed by atoms with van der Waals surface area (Å²) < 4.78 is 6.56. The average molecular weight is 352 g/mol. The van der Waals surface area contributed by atoms with Gasteiger partial charge in [0.2, 0.25) is 0 Å². The summed E-state index contributed by atoms with van der Waals surface area (Å²) in [4.78, 5) is 13.5. The molecule has 0 bridgehead atoms. The van der Waals surface area contributed by atoms with E-state index in [9.17, 15) is 4.79 Å². The molecule has 1 aromatic carbocycles. The van der Waals surface area contributed by atoms with Crippen LogP contribution in [0.25, 0.3) is 17.0 Å². The highest BCUT2D eigenvalue weighted by molar-refractivity contribution is 5.67. The van der Waals surface area contributed by atoms with Crippen molar-refractivity contribution in [3.05, 3.63) is 42.5 Å². The van der Waals surface area contributed by atoms with E-state index in [1.54, 1.807) is 9.42 Å². The Morgan fingerprint density at radius 1 is 1.19 bits per heavy atom. The van der Waals surface area contributed by atoms with Gasteiger partial charge in [-0.25, -0.2) is 4.79 Å². The Morgan fingerprint density at radius 2 is 2.04 bits per heavy atom. The lowest BCUT2D eigenvalue weighted by Crippen LogP contribution is -2.45. The van der Waals surface area contributed by atoms with E-state index < -0.39 is 0 Å². The highest BCUT2D eigenvalue weighted by atomic mass is 16.5. The minimum atomic E-state index is -0.287. The van der Waals surface area contributed by atoms with E-state index in [0.717, 1.165) is 30.8 Å². The third-order valence-corrected chi connectivity index (χ3v) is 4.50. The molecule has 134 valence electrons. The number of benzene rings is 1. The summed E-state index contributed by atoms with van der Waals surface area (Å²) in [5.41, 5.74) is 1.65. The van der Waals surface area contributed by atoms with Crippen molar-refractivity contribution in [1.82, 2.24) is 24.7 Å². The molecule has 1 aliphatic heterocycles. The zero-order valence-electron chi connectivity index (χ0n) is 14.5. The summed E-state index contributed by atoms with van der Waals surface area (Å²) in [5, 5.41) is 16.5. The summed E-state index contributed by atoms with van der Waals surface area (Å²) in [5.74, 6) is 1.43. The maximum absolute atomic E-state index is 11.7. The summed E-state index contributed by atoms with van der Waals surface area (Å²) in [6.07, 6.45) is 1.61. The fourth-order valence-electron chi connectivity index (χ4n) is 3.23. The molecule has 1 saturated heterocycles. The lowest BCUT2D eigenvalue weighted by atomic mass is 10.1. The number of carbonyl (C=O) groups is 1. The van der Waals surface area contributed by atoms with Gasteiger partial charge in [0.15, 0.2) is 11.5 Å². The first kappa shape index (κ1) is 16.3. The number of ether oxygens (including phenoxy) is 1. The standard InChI is InChI=1S/C18H20N6O2/c1-26-18(25)23-11-5-8-14(12-23)19-15-9-10-16-20-21-17(24(16)22-15)13-6-3-2-4-7-13/h2-4,6-7,9-10,14H,5,8,11-12H2,1H3,(H,19,22). The van der Waals surface area contributed by atoms with E-state index in [-0.39, 0.29) is 12.1 Å². The van der Waals surface area contributed by atoms with E-state index in [1.165, 1.54) is 7.11 Å². The van der Waals surface area contributed by atoms with Gasteiger partial charge in [0, 0.05) is 24.7 Å². The molecule has 0 spiro atoms. The van der Waals surface area contributed by atoms with Crippen molar-refractivity contribution < 1.29 is 9.53 Å². The predicted octanol–water partition coefficient (Wildman–Crippen LogP) is 2.43. The maximum Gasteiger partial charge on any atom is 0.409 e. The molecule has 8 heteroatoms. The largest absolute Gasteiger partial charge is 0.453 e. The van der Waals surface area contributed by atoms with Crippen LogP contribution in [0.4, 0.5) is 10.6 Å². The number of hydrogen-bond acceptors (Lipinski definition) is 6. The molecule has 1 aliphatic rings. The lowest BCUT2D eigenvalue weighted by Gasteiger charge is -2.32. The maximum atomic E-state index is 11.7. The molecule has 1 fully saturated rings. The second-order valence-corrected chi connectivity index (χ2v) is 6.28. The minimum Gasteiger partial charge on any atom is -0.453 e. The Hall–Kier alpha value is -3.16. The molecule has 3 aromatic rings. The Labute approximate surface area is 150 Å². The third kappa shape index (κ3) is 3.17. The topological polar surface area (TPSA) is 84.6 Å². The summed E-state index contributed by atoms with van der Waals surface area (Å²) in [7, 11) is 1.41. The third-order valence-electron chi connectivity index (χ3n) is 4.50. The molecular weight excluding hydrogens is 332 g/mol. The average Bonchev–Trinajstić information content (AvgIpc) is 3.11. The highest BCUT2D eigenvalue weighted by Crippen LogP contribution is 2.19. The van der Waals surface area contributed by atoms with Crippen LogP contribution in [-0.4, -0.2) is 57.0 Å². The van der Waals surface area contributed by atoms with Crippen LogP contribution in [0.15, 0.2) is 42.5 Å². The first-order valence-corrected chi connectivity index (χ1v) is 8.62. The van der Waals surface area contributed by atoms with Crippen LogP contribution in [-0.2, 0) is 4.74 Å². The Bertz CT molecular complexity index is 910. The Balaban J connectivity index is 1.57. The lowest BCUT2D eigenvalue weighted by molar-refractivity contribution is 0.113. The number of anilines is 1. The molecule has 1 N–H and O–H groups in total. The van der Waals surface area contributed by atoms with Gasteiger partial charge in [-0.15, -0.1) is 15.3 Å². The molecule has 0 radical (unpaired) electrons. The Morgan fingerprint density at radius 3 is 2.85 bits per heavy atom. The van der Waals surface area contributed by atoms with E-state index >= 15 is 0 Å². The quantitative estimate of drug-likeness (QED) is 0.779. The van der Waals surface area contributed by atoms with Crippen molar-refractivity contribution in [2.75, 3.05) is 25.5 Å². The molecule has 1 amide bonds. The number of nitrogens with zero attached hydrogens (tertiary/aromatic N) is 5. The first-order valence-electron chi connectivity index (χ1n) is 8.62. The number of aromatic nitrogens is 4. The van der Waals surface area contributed by atoms with Crippen LogP contribution < -0.4 is 5.32 Å². The second-order valence-electron chi connectivity index (χ2n) is 6.28. The first-order chi connectivity index (χ1) is 12.7. The van der Waals surface area contributed by atoms with Crippen LogP contribution in [0, 0.1) is 0 Å². The van der Waals surface area contributed by atoms with Gasteiger partial charge in [0.05, 0.1) is 7.11 Å². The van der Waals surface area contributed by atoms with Crippen LogP contribution in [0.5, 0.6) is 0 Å². The van der Waals surface area contributed by atoms with Gasteiger partial charge in [0.25, 0.3) is 0 Å². The molecule has 26 heavy (non-hydrogen) atoms. The number of rotatable bonds is 3. The number of carbonyl (C=O) groups excluding carboxylic acids is 1. The van der Waals surface area contributed by atoms with E-state index in [4.69, 9.17) is 4.74 Å². The number of amides is 1. The van der Waals surface area contributed by atoms with Crippen molar-refractivity contribution in [3.8, 4) is 11.4 Å². The summed E-state index contributed by atoms with van der Waals surface area (Å²) >= 11 is 0. The fraction of sp³-hybridized carbons (Fsp3) is 0.333. The second kappa shape index (κ2) is 6.99. The molecule has 8 nitrogen and oxygen atoms in total. The normalized spacial score (nSPS) is 17.3. The molecule has 0 saturated carbocycles. The van der Waals surface area contributed by atoms with Crippen LogP contribution >= 0.6 is 0 Å². The fourth-order valence-corrected chi connectivity index (χ4v) is 3.23. The van der Waals surface area contributed by atoms with Gasteiger partial charge < -0.3 is 15.0 Å². The molecular formula is C18H20N6O2. The van der Waals surface area contributed by atoms with Crippen molar-refractivity contribution in [2.24, 2.45) is 0 Å². The SMILES string of the molecule is COC(=O)N1CCCC(Nc2ccc3nnc(-c4ccccc4)n3n2)C1. The van der Waals surface area contributed by atoms with Gasteiger partial charge in [0.1, 0.15) is 5.82 Å². The number of nitrogens with one attached hydrogen (secondary N) is 1. The minimum absolute atomic E-state index is 0.129. The van der Waals surface area contributed by atoms with Gasteiger partial charge in [-0.1, -0.05) is 30.3 Å². The monoisotopic (exact) mass is 352 g/mol. The van der Waals surface area contributed by atoms with Gasteiger partial charge in [-0.3, -0.25) is 0 Å². The smallest absolute Gasteiger partial charge is 0.409 e. The van der Waals surface area contributed by atoms with E-state index in [0.29, 0.717) is 18.0 Å². The van der Waals surface area contributed by atoms with Gasteiger partial charge >= 0.3 is 6.09 Å². The Kier molecular flexibility index (Phi) is 4.39. The number of methoxy groups -OCH3 is 1. The zero-order chi connectivity index (χ0) is 17.9. The number of fused-ring (bicyclic) bond motifs is 1. The molecule has 1 atom stereocenters. The summed E-state index contributed by atoms with van der Waals surface area (Å²) in [6, 6.07) is 13.7. The van der Waals surface area contributed by atoms with Crippen molar-refractivity contribution in [1.29, 1.82) is 0 Å². The van der Waals surface area contributed by atoms with Crippen molar-refractivity contribution in [2.45, 2.75) is 18.9 Å². The van der Waals surface area contributed by atoms with Gasteiger partial charge in [-0.2, -0.15) is 4.52 Å². The zero-order valence-corrected chi connectivity index (χ0v) is 14.5. The van der Waals surface area contributed by atoms with Gasteiger partial charge in [-0.05, 0) is 25.0 Å².